The van der Waals surface area contributed by atoms with Crippen molar-refractivity contribution in [2.75, 3.05) is 0 Å². The fourth-order valence-electron chi connectivity index (χ4n) is 7.89. The molecule has 9 aromatic carbocycles. The van der Waals surface area contributed by atoms with E-state index in [-0.39, 0.29) is 0 Å². The maximum absolute atomic E-state index is 5.21. The summed E-state index contributed by atoms with van der Waals surface area (Å²) in [5.74, 6) is 1.98. The molecule has 0 saturated heterocycles. The van der Waals surface area contributed by atoms with Gasteiger partial charge < -0.3 is 0 Å². The predicted molar refractivity (Wildman–Crippen MR) is 224 cm³/mol. The van der Waals surface area contributed by atoms with Gasteiger partial charge in [-0.25, -0.2) is 15.0 Å². The van der Waals surface area contributed by atoms with Crippen LogP contribution < -0.4 is 0 Å². The van der Waals surface area contributed by atoms with Crippen molar-refractivity contribution < 1.29 is 0 Å². The highest BCUT2D eigenvalue weighted by molar-refractivity contribution is 7.27. The third-order valence-corrected chi connectivity index (χ3v) is 11.8. The van der Waals surface area contributed by atoms with Gasteiger partial charge >= 0.3 is 0 Å². The molecule has 53 heavy (non-hydrogen) atoms. The Labute approximate surface area is 309 Å². The van der Waals surface area contributed by atoms with E-state index in [9.17, 15) is 0 Å². The molecule has 0 aliphatic heterocycles. The fourth-order valence-corrected chi connectivity index (χ4v) is 9.26. The Morgan fingerprint density at radius 2 is 0.868 bits per heavy atom. The van der Waals surface area contributed by atoms with E-state index in [0.29, 0.717) is 17.5 Å². The zero-order valence-corrected chi connectivity index (χ0v) is 29.3. The molecule has 0 amide bonds. The van der Waals surface area contributed by atoms with Crippen molar-refractivity contribution in [3.05, 3.63) is 176 Å². The molecular formula is C49H29N3S. The Hall–Kier alpha value is -6.75. The molecule has 0 N–H and O–H groups in total. The largest absolute Gasteiger partial charge is 0.208 e. The number of fused-ring (bicyclic) bond motifs is 9. The summed E-state index contributed by atoms with van der Waals surface area (Å²) in [5.41, 5.74) is 5.42. The van der Waals surface area contributed by atoms with Gasteiger partial charge in [0.15, 0.2) is 17.5 Å². The van der Waals surface area contributed by atoms with E-state index in [1.54, 1.807) is 0 Å². The van der Waals surface area contributed by atoms with Gasteiger partial charge in [0.25, 0.3) is 0 Å². The summed E-state index contributed by atoms with van der Waals surface area (Å²) >= 11 is 1.88. The zero-order chi connectivity index (χ0) is 34.9. The highest BCUT2D eigenvalue weighted by atomic mass is 32.1. The Morgan fingerprint density at radius 1 is 0.283 bits per heavy atom. The van der Waals surface area contributed by atoms with Crippen LogP contribution in [0.3, 0.4) is 0 Å². The molecule has 2 aromatic heterocycles. The SMILES string of the molecule is c1ccc(-c2nc(-c3ccc4c(ccc5c6cccc(-c7ccc8ccccc8c7)c6sc45)c3)nc(-c3cc4ccccc4c4ccccc34)n2)cc1. The molecular weight excluding hydrogens is 663 g/mol. The maximum atomic E-state index is 5.21. The molecule has 3 nitrogen and oxygen atoms in total. The lowest BCUT2D eigenvalue weighted by Gasteiger charge is -2.12. The molecule has 0 spiro atoms. The van der Waals surface area contributed by atoms with Crippen LogP contribution in [0.25, 0.3) is 109 Å². The molecule has 11 rings (SSSR count). The number of rotatable bonds is 4. The first kappa shape index (κ1) is 29.9. The molecule has 0 saturated carbocycles. The standard InChI is InChI=1S/C49H29N3S/c1-2-12-31(13-3-1)47-50-48(52-49(51-47)44-29-33-15-6-7-16-37(33)40-17-8-9-18-41(40)44)36-24-25-39-35(28-36)23-26-43-42-20-10-19-38(45(42)53-46(39)43)34-22-21-30-11-4-5-14-32(30)27-34/h1-29H. The van der Waals surface area contributed by atoms with Gasteiger partial charge in [-0.1, -0.05) is 158 Å². The lowest BCUT2D eigenvalue weighted by atomic mass is 9.97. The van der Waals surface area contributed by atoms with E-state index in [2.05, 4.69) is 158 Å². The summed E-state index contributed by atoms with van der Waals surface area (Å²) in [6.07, 6.45) is 0. The van der Waals surface area contributed by atoms with Crippen LogP contribution in [0.15, 0.2) is 176 Å². The molecule has 246 valence electrons. The smallest absolute Gasteiger partial charge is 0.164 e. The van der Waals surface area contributed by atoms with E-state index in [0.717, 1.165) is 32.8 Å². The van der Waals surface area contributed by atoms with Crippen molar-refractivity contribution in [2.45, 2.75) is 0 Å². The molecule has 2 heterocycles. The average molecular weight is 692 g/mol. The molecule has 0 aliphatic rings. The van der Waals surface area contributed by atoms with Crippen LogP contribution in [-0.2, 0) is 0 Å². The first-order valence-corrected chi connectivity index (χ1v) is 18.7. The minimum atomic E-state index is 0.656. The summed E-state index contributed by atoms with van der Waals surface area (Å²) < 4.78 is 2.60. The van der Waals surface area contributed by atoms with E-state index in [1.165, 1.54) is 58.2 Å². The lowest BCUT2D eigenvalue weighted by molar-refractivity contribution is 1.08. The monoisotopic (exact) mass is 691 g/mol. The van der Waals surface area contributed by atoms with Crippen LogP contribution in [0.1, 0.15) is 0 Å². The number of thiophene rings is 1. The minimum absolute atomic E-state index is 0.656. The molecule has 0 unspecified atom stereocenters. The predicted octanol–water partition coefficient (Wildman–Crippen LogP) is 13.5. The van der Waals surface area contributed by atoms with Crippen LogP contribution in [-0.4, -0.2) is 15.0 Å². The number of benzene rings is 9. The zero-order valence-electron chi connectivity index (χ0n) is 28.5. The minimum Gasteiger partial charge on any atom is -0.208 e. The van der Waals surface area contributed by atoms with Crippen molar-refractivity contribution in [1.82, 2.24) is 15.0 Å². The van der Waals surface area contributed by atoms with Gasteiger partial charge in [-0.2, -0.15) is 0 Å². The second-order valence-electron chi connectivity index (χ2n) is 13.6. The topological polar surface area (TPSA) is 38.7 Å². The maximum Gasteiger partial charge on any atom is 0.164 e. The van der Waals surface area contributed by atoms with Crippen molar-refractivity contribution in [3.63, 3.8) is 0 Å². The van der Waals surface area contributed by atoms with Gasteiger partial charge in [-0.15, -0.1) is 11.3 Å². The molecule has 11 aromatic rings. The summed E-state index contributed by atoms with van der Waals surface area (Å²) in [4.78, 5) is 15.4. The molecule has 4 heteroatoms. The van der Waals surface area contributed by atoms with Crippen LogP contribution >= 0.6 is 11.3 Å². The molecule has 0 bridgehead atoms. The second kappa shape index (κ2) is 11.9. The summed E-state index contributed by atoms with van der Waals surface area (Å²) in [7, 11) is 0. The van der Waals surface area contributed by atoms with Gasteiger partial charge in [0.05, 0.1) is 0 Å². The Balaban J connectivity index is 1.09. The highest BCUT2D eigenvalue weighted by Crippen LogP contribution is 2.44. The van der Waals surface area contributed by atoms with Gasteiger partial charge in [-0.3, -0.25) is 0 Å². The first-order valence-electron chi connectivity index (χ1n) is 17.9. The third kappa shape index (κ3) is 4.91. The third-order valence-electron chi connectivity index (χ3n) is 10.5. The Kier molecular flexibility index (Phi) is 6.73. The van der Waals surface area contributed by atoms with Gasteiger partial charge in [0, 0.05) is 36.9 Å². The quantitative estimate of drug-likeness (QED) is 0.172. The fraction of sp³-hybridized carbons (Fsp3) is 0. The van der Waals surface area contributed by atoms with Crippen LogP contribution in [0, 0.1) is 0 Å². The van der Waals surface area contributed by atoms with Crippen molar-refractivity contribution in [1.29, 1.82) is 0 Å². The molecule has 0 fully saturated rings. The second-order valence-corrected chi connectivity index (χ2v) is 14.6. The normalized spacial score (nSPS) is 11.8. The molecule has 0 aliphatic carbocycles. The number of nitrogens with zero attached hydrogens (tertiary/aromatic N) is 3. The highest BCUT2D eigenvalue weighted by Gasteiger charge is 2.18. The average Bonchev–Trinajstić information content (AvgIpc) is 3.63. The number of aromatic nitrogens is 3. The van der Waals surface area contributed by atoms with Crippen LogP contribution in [0.4, 0.5) is 0 Å². The van der Waals surface area contributed by atoms with E-state index >= 15 is 0 Å². The van der Waals surface area contributed by atoms with Crippen LogP contribution in [0.5, 0.6) is 0 Å². The van der Waals surface area contributed by atoms with E-state index < -0.39 is 0 Å². The Bertz CT molecular complexity index is 3240. The lowest BCUT2D eigenvalue weighted by Crippen LogP contribution is -2.00. The summed E-state index contributed by atoms with van der Waals surface area (Å²) in [6, 6.07) is 62.7. The van der Waals surface area contributed by atoms with Crippen LogP contribution in [0.2, 0.25) is 0 Å². The van der Waals surface area contributed by atoms with Gasteiger partial charge in [0.2, 0.25) is 0 Å². The molecule has 0 atom stereocenters. The van der Waals surface area contributed by atoms with E-state index in [4.69, 9.17) is 15.0 Å². The number of hydrogen-bond acceptors (Lipinski definition) is 4. The van der Waals surface area contributed by atoms with Gasteiger partial charge in [0.1, 0.15) is 0 Å². The van der Waals surface area contributed by atoms with Crippen molar-refractivity contribution in [2.24, 2.45) is 0 Å². The summed E-state index contributed by atoms with van der Waals surface area (Å²) in [5, 5.41) is 12.2. The summed E-state index contributed by atoms with van der Waals surface area (Å²) in [6.45, 7) is 0. The van der Waals surface area contributed by atoms with Crippen molar-refractivity contribution >= 4 is 74.6 Å². The first-order chi connectivity index (χ1) is 26.2. The van der Waals surface area contributed by atoms with Gasteiger partial charge in [-0.05, 0) is 72.4 Å². The molecule has 0 radical (unpaired) electrons. The van der Waals surface area contributed by atoms with E-state index in [1.807, 2.05) is 29.5 Å². The number of hydrogen-bond donors (Lipinski definition) is 0. The Morgan fingerprint density at radius 3 is 1.74 bits per heavy atom. The van der Waals surface area contributed by atoms with Crippen molar-refractivity contribution in [3.8, 4) is 45.3 Å².